The van der Waals surface area contributed by atoms with Crippen LogP contribution in [0.15, 0.2) is 41.3 Å². The van der Waals surface area contributed by atoms with Crippen molar-refractivity contribution in [3.8, 4) is 5.75 Å². The molecule has 2 aromatic carbocycles. The Balaban J connectivity index is 1.89. The second-order valence-electron chi connectivity index (χ2n) is 6.67. The molecule has 0 amide bonds. The largest absolute Gasteiger partial charge is 0.508 e. The predicted octanol–water partition coefficient (Wildman–Crippen LogP) is 1.86. The number of phenols is 1. The summed E-state index contributed by atoms with van der Waals surface area (Å²) in [5.74, 6) is -0.974. The van der Waals surface area contributed by atoms with Crippen molar-refractivity contribution < 1.29 is 28.3 Å². The second kappa shape index (κ2) is 7.88. The number of aliphatic carboxylic acids is 1. The second-order valence-corrected chi connectivity index (χ2v) is 8.50. The van der Waals surface area contributed by atoms with Gasteiger partial charge in [0.1, 0.15) is 5.75 Å². The van der Waals surface area contributed by atoms with Gasteiger partial charge in [0.2, 0.25) is 0 Å². The van der Waals surface area contributed by atoms with Gasteiger partial charge in [-0.1, -0.05) is 16.6 Å². The van der Waals surface area contributed by atoms with Crippen LogP contribution in [0, 0.1) is 13.8 Å². The molecule has 150 valence electrons. The van der Waals surface area contributed by atoms with Crippen LogP contribution in [0.5, 0.6) is 5.75 Å². The van der Waals surface area contributed by atoms with Gasteiger partial charge in [0.05, 0.1) is 17.9 Å². The molecule has 0 bridgehead atoms. The Bertz CT molecular complexity index is 1010. The molecule has 9 heteroatoms. The van der Waals surface area contributed by atoms with E-state index in [1.165, 1.54) is 18.2 Å². The molecule has 1 fully saturated rings. The third kappa shape index (κ3) is 4.17. The number of hydroxylamine groups is 1. The summed E-state index contributed by atoms with van der Waals surface area (Å²) in [4.78, 5) is 16.7. The summed E-state index contributed by atoms with van der Waals surface area (Å²) >= 11 is 0. The number of aromatic hydroxyl groups is 1. The molecule has 1 saturated heterocycles. The predicted molar refractivity (Wildman–Crippen MR) is 101 cm³/mol. The fraction of sp³-hybridized carbons (Fsp3) is 0.316. The summed E-state index contributed by atoms with van der Waals surface area (Å²) in [6.45, 7) is 4.02. The lowest BCUT2D eigenvalue weighted by atomic mass is 10.1. The molecule has 0 spiro atoms. The summed E-state index contributed by atoms with van der Waals surface area (Å²) < 4.78 is 27.0. The molecule has 1 aliphatic rings. The van der Waals surface area contributed by atoms with E-state index in [1.54, 1.807) is 25.1 Å². The highest BCUT2D eigenvalue weighted by Gasteiger charge is 2.33. The van der Waals surface area contributed by atoms with Crippen molar-refractivity contribution in [2.45, 2.75) is 31.4 Å². The summed E-state index contributed by atoms with van der Waals surface area (Å²) in [5, 5.41) is 21.9. The van der Waals surface area contributed by atoms with Crippen molar-refractivity contribution in [2.75, 3.05) is 13.1 Å². The van der Waals surface area contributed by atoms with Gasteiger partial charge in [-0.25, -0.2) is 8.42 Å². The minimum absolute atomic E-state index is 0.0253. The van der Waals surface area contributed by atoms with Crippen LogP contribution in [0.1, 0.15) is 28.5 Å². The monoisotopic (exact) mass is 406 g/mol. The van der Waals surface area contributed by atoms with Gasteiger partial charge in [-0.15, -0.1) is 0 Å². The molecule has 0 radical (unpaired) electrons. The molecule has 0 saturated carbocycles. The Morgan fingerprint density at radius 1 is 1.21 bits per heavy atom. The van der Waals surface area contributed by atoms with Gasteiger partial charge in [-0.2, -0.15) is 0 Å². The number of phenolic OH excluding ortho intramolecular Hbond substituents is 1. The zero-order chi connectivity index (χ0) is 20.5. The number of benzene rings is 2. The van der Waals surface area contributed by atoms with Crippen LogP contribution in [0.3, 0.4) is 0 Å². The quantitative estimate of drug-likeness (QED) is 0.694. The van der Waals surface area contributed by atoms with E-state index in [0.717, 1.165) is 10.0 Å². The Morgan fingerprint density at radius 3 is 2.64 bits per heavy atom. The fourth-order valence-corrected chi connectivity index (χ4v) is 4.32. The molecule has 8 nitrogen and oxygen atoms in total. The lowest BCUT2D eigenvalue weighted by Gasteiger charge is -2.33. The molecule has 2 aromatic rings. The molecule has 0 aromatic heterocycles. The van der Waals surface area contributed by atoms with Crippen molar-refractivity contribution >= 4 is 16.0 Å². The number of hydrogen-bond donors (Lipinski definition) is 3. The average molecular weight is 406 g/mol. The zero-order valence-electron chi connectivity index (χ0n) is 15.5. The van der Waals surface area contributed by atoms with E-state index in [-0.39, 0.29) is 23.6 Å². The van der Waals surface area contributed by atoms with E-state index < -0.39 is 22.2 Å². The highest BCUT2D eigenvalue weighted by atomic mass is 32.2. The first-order valence-electron chi connectivity index (χ1n) is 8.72. The highest BCUT2D eigenvalue weighted by molar-refractivity contribution is 7.89. The number of carbonyl (C=O) groups is 1. The number of nitrogens with one attached hydrogen (secondary N) is 1. The third-order valence-corrected chi connectivity index (χ3v) is 6.28. The standard InChI is InChI=1S/C19H22N2O6S/c1-12-4-6-16(9-14(12)10-18(23)24)28(25,26)21-8-7-20-19(27-21)17-11-15(22)5-3-13(17)2/h3-6,9,11,19-20,22H,7-8,10H2,1-2H3,(H,23,24). The number of carboxylic acids is 1. The number of rotatable bonds is 5. The van der Waals surface area contributed by atoms with E-state index in [4.69, 9.17) is 9.94 Å². The smallest absolute Gasteiger partial charge is 0.307 e. The molecule has 1 atom stereocenters. The molecular formula is C19H22N2O6S. The Kier molecular flexibility index (Phi) is 5.71. The summed E-state index contributed by atoms with van der Waals surface area (Å²) in [6, 6.07) is 9.20. The Morgan fingerprint density at radius 2 is 1.93 bits per heavy atom. The summed E-state index contributed by atoms with van der Waals surface area (Å²) in [7, 11) is -3.99. The maximum Gasteiger partial charge on any atom is 0.307 e. The van der Waals surface area contributed by atoms with E-state index in [0.29, 0.717) is 23.2 Å². The van der Waals surface area contributed by atoms with Gasteiger partial charge >= 0.3 is 5.97 Å². The Labute approximate surface area is 163 Å². The van der Waals surface area contributed by atoms with E-state index >= 15 is 0 Å². The lowest BCUT2D eigenvalue weighted by molar-refractivity contribution is -0.171. The zero-order valence-corrected chi connectivity index (χ0v) is 16.4. The molecular weight excluding hydrogens is 384 g/mol. The van der Waals surface area contributed by atoms with Crippen molar-refractivity contribution in [3.63, 3.8) is 0 Å². The van der Waals surface area contributed by atoms with Crippen molar-refractivity contribution in [1.82, 2.24) is 9.79 Å². The first-order chi connectivity index (χ1) is 13.2. The van der Waals surface area contributed by atoms with Crippen LogP contribution in [-0.2, 0) is 26.1 Å². The van der Waals surface area contributed by atoms with Crippen LogP contribution in [0.25, 0.3) is 0 Å². The van der Waals surface area contributed by atoms with Crippen LogP contribution in [-0.4, -0.2) is 42.2 Å². The molecule has 1 heterocycles. The van der Waals surface area contributed by atoms with Crippen LogP contribution >= 0.6 is 0 Å². The summed E-state index contributed by atoms with van der Waals surface area (Å²) in [5.41, 5.74) is 2.61. The summed E-state index contributed by atoms with van der Waals surface area (Å²) in [6.07, 6.45) is -0.998. The van der Waals surface area contributed by atoms with Crippen molar-refractivity contribution in [3.05, 3.63) is 58.7 Å². The molecule has 28 heavy (non-hydrogen) atoms. The SMILES string of the molecule is Cc1ccc(S(=O)(=O)N2CCNC(c3cc(O)ccc3C)O2)cc1CC(=O)O. The molecule has 1 aliphatic heterocycles. The van der Waals surface area contributed by atoms with Gasteiger partial charge in [0.25, 0.3) is 10.0 Å². The third-order valence-electron chi connectivity index (χ3n) is 4.62. The van der Waals surface area contributed by atoms with Gasteiger partial charge in [0, 0.05) is 12.1 Å². The number of sulfonamides is 1. The number of carboxylic acid groups (broad SMARTS) is 1. The normalized spacial score (nSPS) is 18.1. The van der Waals surface area contributed by atoms with E-state index in [1.807, 2.05) is 6.92 Å². The van der Waals surface area contributed by atoms with E-state index in [9.17, 15) is 18.3 Å². The van der Waals surface area contributed by atoms with Crippen LogP contribution < -0.4 is 5.32 Å². The number of aryl methyl sites for hydroxylation is 2. The first-order valence-corrected chi connectivity index (χ1v) is 10.2. The minimum atomic E-state index is -3.99. The van der Waals surface area contributed by atoms with Gasteiger partial charge in [0.15, 0.2) is 6.23 Å². The van der Waals surface area contributed by atoms with Gasteiger partial charge < -0.3 is 10.2 Å². The molecule has 3 rings (SSSR count). The van der Waals surface area contributed by atoms with Crippen LogP contribution in [0.4, 0.5) is 0 Å². The first kappa shape index (κ1) is 20.3. The van der Waals surface area contributed by atoms with Gasteiger partial charge in [-0.3, -0.25) is 14.9 Å². The molecule has 3 N–H and O–H groups in total. The highest BCUT2D eigenvalue weighted by Crippen LogP contribution is 2.29. The van der Waals surface area contributed by atoms with Crippen LogP contribution in [0.2, 0.25) is 0 Å². The molecule has 1 unspecified atom stereocenters. The van der Waals surface area contributed by atoms with Crippen molar-refractivity contribution in [1.29, 1.82) is 0 Å². The number of nitrogens with zero attached hydrogens (tertiary/aromatic N) is 1. The number of hydrogen-bond acceptors (Lipinski definition) is 6. The lowest BCUT2D eigenvalue weighted by Crippen LogP contribution is -2.46. The average Bonchev–Trinajstić information content (AvgIpc) is 2.65. The molecule has 0 aliphatic carbocycles. The maximum absolute atomic E-state index is 13.0. The minimum Gasteiger partial charge on any atom is -0.508 e. The maximum atomic E-state index is 13.0. The van der Waals surface area contributed by atoms with Gasteiger partial charge in [-0.05, 0) is 54.8 Å². The topological polar surface area (TPSA) is 116 Å². The van der Waals surface area contributed by atoms with Crippen molar-refractivity contribution in [2.24, 2.45) is 0 Å². The van der Waals surface area contributed by atoms with E-state index in [2.05, 4.69) is 5.32 Å². The fourth-order valence-electron chi connectivity index (χ4n) is 3.03. The Hall–Kier alpha value is -2.46.